The lowest BCUT2D eigenvalue weighted by Gasteiger charge is -2.21. The summed E-state index contributed by atoms with van der Waals surface area (Å²) in [5.41, 5.74) is 5.77. The summed E-state index contributed by atoms with van der Waals surface area (Å²) in [5.74, 6) is -1.08. The maximum Gasteiger partial charge on any atom is 0.325 e. The van der Waals surface area contributed by atoms with Crippen molar-refractivity contribution in [2.75, 3.05) is 6.61 Å². The second-order valence-corrected chi connectivity index (χ2v) is 10.6. The largest absolute Gasteiger partial charge is 0.479 e. The van der Waals surface area contributed by atoms with Crippen molar-refractivity contribution in [3.63, 3.8) is 0 Å². The highest BCUT2D eigenvalue weighted by atomic mass is 35.5. The second-order valence-electron chi connectivity index (χ2n) is 9.73. The van der Waals surface area contributed by atoms with Gasteiger partial charge >= 0.3 is 5.97 Å². The Bertz CT molecular complexity index is 1640. The average molecular weight is 624 g/mol. The van der Waals surface area contributed by atoms with Gasteiger partial charge < -0.3 is 19.4 Å². The number of hydrazone groups is 1. The molecule has 43 heavy (non-hydrogen) atoms. The van der Waals surface area contributed by atoms with Gasteiger partial charge in [0.2, 0.25) is 0 Å². The van der Waals surface area contributed by atoms with Gasteiger partial charge in [-0.1, -0.05) is 71.7 Å². The van der Waals surface area contributed by atoms with E-state index in [1.807, 2.05) is 66.1 Å². The van der Waals surface area contributed by atoms with Crippen LogP contribution in [0.15, 0.2) is 77.9 Å². The van der Waals surface area contributed by atoms with Gasteiger partial charge in [0.05, 0.1) is 17.8 Å². The van der Waals surface area contributed by atoms with Crippen LogP contribution in [0.1, 0.15) is 30.7 Å². The molecule has 0 saturated carbocycles. The zero-order chi connectivity index (χ0) is 30.9. The summed E-state index contributed by atoms with van der Waals surface area (Å²) in [6.07, 6.45) is 0.800. The zero-order valence-corrected chi connectivity index (χ0v) is 25.5. The van der Waals surface area contributed by atoms with Gasteiger partial charge in [0, 0.05) is 33.6 Å². The van der Waals surface area contributed by atoms with Crippen LogP contribution in [0.4, 0.5) is 0 Å². The van der Waals surface area contributed by atoms with Gasteiger partial charge in [-0.2, -0.15) is 5.10 Å². The van der Waals surface area contributed by atoms with Crippen molar-refractivity contribution in [1.82, 2.24) is 15.3 Å². The highest BCUT2D eigenvalue weighted by Gasteiger charge is 2.25. The Balaban J connectivity index is 1.51. The van der Waals surface area contributed by atoms with E-state index in [-0.39, 0.29) is 30.6 Å². The number of amides is 2. The normalized spacial score (nSPS) is 12.6. The number of benzene rings is 3. The molecule has 0 radical (unpaired) electrons. The molecule has 11 heteroatoms. The number of nitrogens with zero attached hydrogens (tertiary/aromatic N) is 2. The van der Waals surface area contributed by atoms with Gasteiger partial charge in [-0.05, 0) is 50.6 Å². The Morgan fingerprint density at radius 2 is 1.72 bits per heavy atom. The molecule has 2 atom stereocenters. The molecular weight excluding hydrogens is 591 g/mol. The molecular formula is C32H32Cl2N4O5. The predicted molar refractivity (Wildman–Crippen MR) is 168 cm³/mol. The molecule has 0 spiro atoms. The van der Waals surface area contributed by atoms with E-state index in [1.54, 1.807) is 26.0 Å². The topological polar surface area (TPSA) is 111 Å². The summed E-state index contributed by atoms with van der Waals surface area (Å²) in [4.78, 5) is 38.7. The van der Waals surface area contributed by atoms with Crippen LogP contribution in [0.2, 0.25) is 10.0 Å². The van der Waals surface area contributed by atoms with E-state index in [2.05, 4.69) is 15.8 Å². The van der Waals surface area contributed by atoms with Crippen LogP contribution in [0.25, 0.3) is 10.9 Å². The van der Waals surface area contributed by atoms with Crippen LogP contribution in [-0.2, 0) is 32.1 Å². The van der Waals surface area contributed by atoms with Crippen LogP contribution in [0.5, 0.6) is 5.75 Å². The SMILES string of the molecule is CCOC(=O)Cn1c(C)c(/C=N\NC(=O)[C@@H](Cc2ccccc2)NC(=O)[C@H](C)Oc2ccc(Cl)cc2Cl)c2ccccc21. The van der Waals surface area contributed by atoms with Gasteiger partial charge in [-0.25, -0.2) is 5.43 Å². The Morgan fingerprint density at radius 1 is 1.00 bits per heavy atom. The van der Waals surface area contributed by atoms with E-state index < -0.39 is 24.0 Å². The van der Waals surface area contributed by atoms with Crippen molar-refractivity contribution in [2.24, 2.45) is 5.10 Å². The number of ether oxygens (including phenoxy) is 2. The minimum atomic E-state index is -0.957. The maximum atomic E-state index is 13.3. The van der Waals surface area contributed by atoms with Crippen molar-refractivity contribution in [1.29, 1.82) is 0 Å². The van der Waals surface area contributed by atoms with E-state index in [0.29, 0.717) is 10.8 Å². The number of hydrogen-bond acceptors (Lipinski definition) is 6. The Labute approximate surface area is 259 Å². The highest BCUT2D eigenvalue weighted by molar-refractivity contribution is 6.35. The summed E-state index contributed by atoms with van der Waals surface area (Å²) < 4.78 is 12.7. The van der Waals surface area contributed by atoms with Crippen molar-refractivity contribution in [3.05, 3.63) is 99.7 Å². The van der Waals surface area contributed by atoms with Crippen LogP contribution < -0.4 is 15.5 Å². The zero-order valence-electron chi connectivity index (χ0n) is 24.0. The monoisotopic (exact) mass is 622 g/mol. The maximum absolute atomic E-state index is 13.3. The molecule has 224 valence electrons. The molecule has 0 fully saturated rings. The third-order valence-electron chi connectivity index (χ3n) is 6.72. The minimum Gasteiger partial charge on any atom is -0.479 e. The first-order valence-corrected chi connectivity index (χ1v) is 14.5. The molecule has 2 N–H and O–H groups in total. The summed E-state index contributed by atoms with van der Waals surface area (Å²) in [6, 6.07) is 20.6. The smallest absolute Gasteiger partial charge is 0.325 e. The Kier molecular flexibility index (Phi) is 10.8. The molecule has 1 heterocycles. The molecule has 3 aromatic carbocycles. The van der Waals surface area contributed by atoms with Gasteiger partial charge in [0.1, 0.15) is 18.3 Å². The number of aromatic nitrogens is 1. The molecule has 1 aromatic heterocycles. The number of esters is 1. The molecule has 2 amide bonds. The lowest BCUT2D eigenvalue weighted by atomic mass is 10.1. The average Bonchev–Trinajstić information content (AvgIpc) is 3.24. The number of halogens is 2. The molecule has 0 saturated heterocycles. The van der Waals surface area contributed by atoms with Crippen LogP contribution >= 0.6 is 23.2 Å². The molecule has 9 nitrogen and oxygen atoms in total. The first kappa shape index (κ1) is 31.6. The number of fused-ring (bicyclic) bond motifs is 1. The number of rotatable bonds is 12. The van der Waals surface area contributed by atoms with Crippen LogP contribution in [0.3, 0.4) is 0 Å². The fourth-order valence-electron chi connectivity index (χ4n) is 4.56. The third-order valence-corrected chi connectivity index (χ3v) is 7.25. The third kappa shape index (κ3) is 8.15. The minimum absolute atomic E-state index is 0.0487. The van der Waals surface area contributed by atoms with Gasteiger partial charge in [-0.3, -0.25) is 14.4 Å². The van der Waals surface area contributed by atoms with Crippen molar-refractivity contribution < 1.29 is 23.9 Å². The highest BCUT2D eigenvalue weighted by Crippen LogP contribution is 2.28. The van der Waals surface area contributed by atoms with Gasteiger partial charge in [0.15, 0.2) is 6.10 Å². The van der Waals surface area contributed by atoms with Crippen LogP contribution in [0, 0.1) is 6.92 Å². The second kappa shape index (κ2) is 14.7. The standard InChI is InChI=1S/C32H32Cl2N4O5/c1-4-42-30(39)19-38-20(2)25(24-12-8-9-13-28(24)38)18-35-37-32(41)27(16-22-10-6-5-7-11-22)36-31(40)21(3)43-29-15-14-23(33)17-26(29)34/h5-15,17-18,21,27H,4,16,19H2,1-3H3,(H,36,40)(H,37,41)/b35-18-/t21-,27+/m0/s1. The molecule has 4 aromatic rings. The van der Waals surface area contributed by atoms with E-state index in [0.717, 1.165) is 27.7 Å². The van der Waals surface area contributed by atoms with Crippen molar-refractivity contribution in [3.8, 4) is 5.75 Å². The van der Waals surface area contributed by atoms with Crippen molar-refractivity contribution in [2.45, 2.75) is 45.9 Å². The molecule has 4 rings (SSSR count). The first-order valence-electron chi connectivity index (χ1n) is 13.7. The van der Waals surface area contributed by atoms with Crippen LogP contribution in [-0.4, -0.2) is 47.3 Å². The fraction of sp³-hybridized carbons (Fsp3) is 0.250. The van der Waals surface area contributed by atoms with Gasteiger partial charge in [0.25, 0.3) is 11.8 Å². The van der Waals surface area contributed by atoms with E-state index in [9.17, 15) is 14.4 Å². The number of carbonyl (C=O) groups is 3. The quantitative estimate of drug-likeness (QED) is 0.124. The number of para-hydroxylation sites is 1. The number of hydrogen-bond donors (Lipinski definition) is 2. The molecule has 0 aliphatic carbocycles. The van der Waals surface area contributed by atoms with E-state index in [4.69, 9.17) is 32.7 Å². The summed E-state index contributed by atoms with van der Waals surface area (Å²) in [5, 5.41) is 8.55. The molecule has 0 unspecified atom stereocenters. The summed E-state index contributed by atoms with van der Waals surface area (Å²) in [6.45, 7) is 5.53. The lowest BCUT2D eigenvalue weighted by molar-refractivity contribution is -0.143. The Morgan fingerprint density at radius 3 is 2.44 bits per heavy atom. The lowest BCUT2D eigenvalue weighted by Crippen LogP contribution is -2.50. The van der Waals surface area contributed by atoms with Gasteiger partial charge in [-0.15, -0.1) is 0 Å². The van der Waals surface area contributed by atoms with E-state index >= 15 is 0 Å². The molecule has 0 aliphatic rings. The Hall–Kier alpha value is -4.34. The number of nitrogens with one attached hydrogen (secondary N) is 2. The molecule has 0 bridgehead atoms. The molecule has 0 aliphatic heterocycles. The number of carbonyl (C=O) groups excluding carboxylic acids is 3. The fourth-order valence-corrected chi connectivity index (χ4v) is 5.01. The van der Waals surface area contributed by atoms with E-state index in [1.165, 1.54) is 12.3 Å². The van der Waals surface area contributed by atoms with Crippen molar-refractivity contribution >= 4 is 58.1 Å². The first-order chi connectivity index (χ1) is 20.7. The summed E-state index contributed by atoms with van der Waals surface area (Å²) >= 11 is 12.1. The predicted octanol–water partition coefficient (Wildman–Crippen LogP) is 5.46. The summed E-state index contributed by atoms with van der Waals surface area (Å²) in [7, 11) is 0.